The molecule has 1 aliphatic heterocycles. The molecule has 0 unspecified atom stereocenters. The third kappa shape index (κ3) is 2.82. The van der Waals surface area contributed by atoms with E-state index in [1.54, 1.807) is 0 Å². The summed E-state index contributed by atoms with van der Waals surface area (Å²) in [5.74, 6) is 0. The van der Waals surface area contributed by atoms with Gasteiger partial charge >= 0.3 is 5.69 Å². The summed E-state index contributed by atoms with van der Waals surface area (Å²) >= 11 is 0. The number of aromatic nitrogens is 5. The first-order chi connectivity index (χ1) is 13.3. The van der Waals surface area contributed by atoms with Gasteiger partial charge in [0.1, 0.15) is 0 Å². The SMILES string of the molecule is CCn1c(=O)n([C@H]2CCCNC2)c2nc(-c3cnn4ccccc34)ccc21.Cl. The first-order valence-electron chi connectivity index (χ1n) is 9.53. The Bertz CT molecular complexity index is 1180. The molecule has 1 saturated heterocycles. The van der Waals surface area contributed by atoms with Crippen molar-refractivity contribution in [1.29, 1.82) is 0 Å². The van der Waals surface area contributed by atoms with Crippen LogP contribution in [0.5, 0.6) is 0 Å². The lowest BCUT2D eigenvalue weighted by Crippen LogP contribution is -2.37. The predicted molar refractivity (Wildman–Crippen MR) is 112 cm³/mol. The van der Waals surface area contributed by atoms with Crippen molar-refractivity contribution in [2.75, 3.05) is 13.1 Å². The van der Waals surface area contributed by atoms with E-state index >= 15 is 0 Å². The van der Waals surface area contributed by atoms with Gasteiger partial charge in [0.15, 0.2) is 5.65 Å². The standard InChI is InChI=1S/C20H22N6O.ClH/c1-2-24-18-9-8-16(15-13-22-25-11-4-3-7-17(15)25)23-19(18)26(20(24)27)14-6-5-10-21-12-14;/h3-4,7-9,11,13-14,21H,2,5-6,10,12H2,1H3;1H/t14-;/m0./s1. The van der Waals surface area contributed by atoms with E-state index in [9.17, 15) is 4.79 Å². The lowest BCUT2D eigenvalue weighted by Gasteiger charge is -2.23. The van der Waals surface area contributed by atoms with Crippen molar-refractivity contribution in [3.05, 3.63) is 53.2 Å². The van der Waals surface area contributed by atoms with E-state index in [1.165, 1.54) is 0 Å². The molecule has 0 amide bonds. The number of hydrogen-bond donors (Lipinski definition) is 1. The Morgan fingerprint density at radius 3 is 2.89 bits per heavy atom. The molecule has 0 spiro atoms. The van der Waals surface area contributed by atoms with Gasteiger partial charge in [0.05, 0.1) is 29.0 Å². The van der Waals surface area contributed by atoms with E-state index in [0.29, 0.717) is 6.54 Å². The Hall–Kier alpha value is -2.64. The molecule has 5 heterocycles. The summed E-state index contributed by atoms with van der Waals surface area (Å²) in [6.07, 6.45) is 5.83. The number of piperidine rings is 1. The van der Waals surface area contributed by atoms with Crippen molar-refractivity contribution < 1.29 is 0 Å². The summed E-state index contributed by atoms with van der Waals surface area (Å²) < 4.78 is 5.55. The van der Waals surface area contributed by atoms with Crippen LogP contribution in [0.2, 0.25) is 0 Å². The van der Waals surface area contributed by atoms with Crippen LogP contribution in [0.15, 0.2) is 47.5 Å². The van der Waals surface area contributed by atoms with Crippen LogP contribution in [0.3, 0.4) is 0 Å². The topological polar surface area (TPSA) is 69.2 Å². The van der Waals surface area contributed by atoms with E-state index in [4.69, 9.17) is 4.98 Å². The third-order valence-electron chi connectivity index (χ3n) is 5.47. The highest BCUT2D eigenvalue weighted by Crippen LogP contribution is 2.27. The zero-order valence-corrected chi connectivity index (χ0v) is 16.5. The molecule has 1 fully saturated rings. The third-order valence-corrected chi connectivity index (χ3v) is 5.47. The molecular formula is C20H23ClN6O. The van der Waals surface area contributed by atoms with Crippen LogP contribution in [0, 0.1) is 0 Å². The highest BCUT2D eigenvalue weighted by atomic mass is 35.5. The second-order valence-corrected chi connectivity index (χ2v) is 7.02. The first kappa shape index (κ1) is 18.7. The number of halogens is 1. The van der Waals surface area contributed by atoms with Gasteiger partial charge in [-0.15, -0.1) is 12.4 Å². The minimum absolute atomic E-state index is 0. The maximum absolute atomic E-state index is 13.1. The largest absolute Gasteiger partial charge is 0.330 e. The number of aryl methyl sites for hydroxylation is 1. The summed E-state index contributed by atoms with van der Waals surface area (Å²) in [5, 5.41) is 7.83. The van der Waals surface area contributed by atoms with Crippen molar-refractivity contribution in [3.8, 4) is 11.3 Å². The molecule has 0 saturated carbocycles. The van der Waals surface area contributed by atoms with Gasteiger partial charge in [-0.05, 0) is 50.6 Å². The number of pyridine rings is 2. The maximum atomic E-state index is 13.1. The Kier molecular flexibility index (Phi) is 4.95. The average Bonchev–Trinajstić information content (AvgIpc) is 3.26. The number of hydrogen-bond acceptors (Lipinski definition) is 4. The second kappa shape index (κ2) is 7.41. The smallest absolute Gasteiger partial charge is 0.315 e. The number of rotatable bonds is 3. The zero-order valence-electron chi connectivity index (χ0n) is 15.7. The van der Waals surface area contributed by atoms with E-state index in [-0.39, 0.29) is 24.1 Å². The van der Waals surface area contributed by atoms with Gasteiger partial charge in [0.25, 0.3) is 0 Å². The summed E-state index contributed by atoms with van der Waals surface area (Å²) in [4.78, 5) is 18.0. The van der Waals surface area contributed by atoms with E-state index < -0.39 is 0 Å². The van der Waals surface area contributed by atoms with Crippen molar-refractivity contribution >= 4 is 29.1 Å². The van der Waals surface area contributed by atoms with Crippen LogP contribution in [-0.4, -0.2) is 36.8 Å². The van der Waals surface area contributed by atoms with Crippen molar-refractivity contribution in [2.45, 2.75) is 32.4 Å². The Labute approximate surface area is 168 Å². The molecule has 4 aromatic heterocycles. The van der Waals surface area contributed by atoms with Gasteiger partial charge in [-0.3, -0.25) is 9.13 Å². The first-order valence-corrected chi connectivity index (χ1v) is 9.53. The molecule has 146 valence electrons. The van der Waals surface area contributed by atoms with Crippen LogP contribution in [-0.2, 0) is 6.54 Å². The highest BCUT2D eigenvalue weighted by molar-refractivity contribution is 5.85. The van der Waals surface area contributed by atoms with Crippen LogP contribution in [0.1, 0.15) is 25.8 Å². The second-order valence-electron chi connectivity index (χ2n) is 7.02. The Morgan fingerprint density at radius 1 is 1.21 bits per heavy atom. The van der Waals surface area contributed by atoms with Gasteiger partial charge in [-0.2, -0.15) is 5.10 Å². The number of imidazole rings is 1. The quantitative estimate of drug-likeness (QED) is 0.576. The molecule has 5 rings (SSSR count). The zero-order chi connectivity index (χ0) is 18.4. The number of nitrogens with zero attached hydrogens (tertiary/aromatic N) is 5. The molecule has 1 N–H and O–H groups in total. The summed E-state index contributed by atoms with van der Waals surface area (Å²) in [6.45, 7) is 4.47. The monoisotopic (exact) mass is 398 g/mol. The molecule has 0 aromatic carbocycles. The molecule has 1 atom stereocenters. The van der Waals surface area contributed by atoms with E-state index in [0.717, 1.165) is 53.9 Å². The maximum Gasteiger partial charge on any atom is 0.330 e. The highest BCUT2D eigenvalue weighted by Gasteiger charge is 2.23. The molecule has 1 aliphatic rings. The average molecular weight is 399 g/mol. The van der Waals surface area contributed by atoms with E-state index in [1.807, 2.05) is 63.3 Å². The number of fused-ring (bicyclic) bond motifs is 2. The van der Waals surface area contributed by atoms with Crippen molar-refractivity contribution in [1.82, 2.24) is 29.0 Å². The minimum Gasteiger partial charge on any atom is -0.315 e. The fourth-order valence-electron chi connectivity index (χ4n) is 4.12. The Balaban J connectivity index is 0.00000192. The van der Waals surface area contributed by atoms with Crippen molar-refractivity contribution in [2.24, 2.45) is 0 Å². The molecule has 0 bridgehead atoms. The van der Waals surface area contributed by atoms with Crippen LogP contribution in [0.4, 0.5) is 0 Å². The molecule has 4 aromatic rings. The molecule has 8 heteroatoms. The molecule has 0 radical (unpaired) electrons. The minimum atomic E-state index is 0. The lowest BCUT2D eigenvalue weighted by atomic mass is 10.1. The predicted octanol–water partition coefficient (Wildman–Crippen LogP) is 2.88. The summed E-state index contributed by atoms with van der Waals surface area (Å²) in [6, 6.07) is 10.1. The van der Waals surface area contributed by atoms with Crippen LogP contribution < -0.4 is 11.0 Å². The van der Waals surface area contributed by atoms with E-state index in [2.05, 4.69) is 10.4 Å². The van der Waals surface area contributed by atoms with Gasteiger partial charge in [-0.25, -0.2) is 14.3 Å². The van der Waals surface area contributed by atoms with Crippen LogP contribution in [0.25, 0.3) is 27.9 Å². The Morgan fingerprint density at radius 2 is 2.11 bits per heavy atom. The summed E-state index contributed by atoms with van der Waals surface area (Å²) in [7, 11) is 0. The van der Waals surface area contributed by atoms with Crippen LogP contribution >= 0.6 is 12.4 Å². The van der Waals surface area contributed by atoms with Crippen molar-refractivity contribution in [3.63, 3.8) is 0 Å². The fraction of sp³-hybridized carbons (Fsp3) is 0.350. The lowest BCUT2D eigenvalue weighted by molar-refractivity contribution is 0.367. The molecule has 7 nitrogen and oxygen atoms in total. The fourth-order valence-corrected chi connectivity index (χ4v) is 4.12. The molecular weight excluding hydrogens is 376 g/mol. The molecule has 0 aliphatic carbocycles. The van der Waals surface area contributed by atoms with Gasteiger partial charge in [-0.1, -0.05) is 6.07 Å². The normalized spacial score (nSPS) is 17.1. The summed E-state index contributed by atoms with van der Waals surface area (Å²) in [5.41, 5.74) is 4.52. The molecule has 28 heavy (non-hydrogen) atoms. The number of nitrogens with one attached hydrogen (secondary N) is 1. The van der Waals surface area contributed by atoms with Gasteiger partial charge in [0.2, 0.25) is 0 Å². The van der Waals surface area contributed by atoms with Gasteiger partial charge < -0.3 is 5.32 Å². The van der Waals surface area contributed by atoms with Gasteiger partial charge in [0, 0.05) is 24.8 Å².